The summed E-state index contributed by atoms with van der Waals surface area (Å²) in [5.74, 6) is -0.897. The number of carboxylic acid groups (broad SMARTS) is 1. The van der Waals surface area contributed by atoms with Gasteiger partial charge in [-0.15, -0.1) is 0 Å². The van der Waals surface area contributed by atoms with Crippen LogP contribution in [0.2, 0.25) is 0 Å². The van der Waals surface area contributed by atoms with Gasteiger partial charge in [0.25, 0.3) is 0 Å². The summed E-state index contributed by atoms with van der Waals surface area (Å²) in [4.78, 5) is 12.3. The number of carbonyl (C=O) groups is 1. The van der Waals surface area contributed by atoms with Crippen LogP contribution in [-0.4, -0.2) is 49.2 Å². The lowest BCUT2D eigenvalue weighted by Gasteiger charge is -2.32. The van der Waals surface area contributed by atoms with Gasteiger partial charge >= 0.3 is 5.97 Å². The van der Waals surface area contributed by atoms with Crippen molar-refractivity contribution >= 4 is 5.97 Å². The number of rotatable bonds is 16. The summed E-state index contributed by atoms with van der Waals surface area (Å²) in [5, 5.41) is 21.4. The molecule has 0 fully saturated rings. The molecule has 1 aliphatic carbocycles. The lowest BCUT2D eigenvalue weighted by atomic mass is 9.73. The molecule has 0 saturated heterocycles. The first-order valence-electron chi connectivity index (χ1n) is 13.0. The predicted octanol–water partition coefficient (Wildman–Crippen LogP) is 6.83. The summed E-state index contributed by atoms with van der Waals surface area (Å²) in [6.45, 7) is 18.1. The smallest absolute Gasteiger partial charge is 0.339 e. The van der Waals surface area contributed by atoms with E-state index < -0.39 is 5.97 Å². The number of unbranched alkanes of at least 4 members (excludes halogenated alkanes) is 2. The second-order valence-electron chi connectivity index (χ2n) is 9.93. The van der Waals surface area contributed by atoms with Crippen molar-refractivity contribution < 1.29 is 29.2 Å². The Morgan fingerprint density at radius 3 is 2.44 bits per heavy atom. The van der Waals surface area contributed by atoms with Crippen LogP contribution >= 0.6 is 0 Å². The van der Waals surface area contributed by atoms with E-state index in [9.17, 15) is 15.0 Å². The fourth-order valence-electron chi connectivity index (χ4n) is 4.74. The van der Waals surface area contributed by atoms with E-state index in [1.807, 2.05) is 19.9 Å². The zero-order chi connectivity index (χ0) is 26.7. The van der Waals surface area contributed by atoms with Crippen molar-refractivity contribution in [3.63, 3.8) is 0 Å². The van der Waals surface area contributed by atoms with E-state index in [0.717, 1.165) is 43.3 Å². The van der Waals surface area contributed by atoms with E-state index >= 15 is 0 Å². The number of aromatic carboxylic acids is 1. The van der Waals surface area contributed by atoms with Crippen LogP contribution < -0.4 is 4.74 Å². The molecule has 0 aromatic heterocycles. The summed E-state index contributed by atoms with van der Waals surface area (Å²) in [5.41, 5.74) is 4.30. The molecule has 1 aliphatic rings. The lowest BCUT2D eigenvalue weighted by Crippen LogP contribution is -2.20. The number of ether oxygens (including phenoxy) is 3. The molecule has 0 saturated carbocycles. The molecule has 2 rings (SSSR count). The molecule has 0 radical (unpaired) electrons. The van der Waals surface area contributed by atoms with Crippen LogP contribution in [0.4, 0.5) is 0 Å². The van der Waals surface area contributed by atoms with E-state index in [1.54, 1.807) is 0 Å². The van der Waals surface area contributed by atoms with Gasteiger partial charge in [-0.25, -0.2) is 4.79 Å². The third-order valence-corrected chi connectivity index (χ3v) is 6.57. The van der Waals surface area contributed by atoms with Crippen molar-refractivity contribution in [3.05, 3.63) is 58.7 Å². The standard InChI is InChI=1S/C30H44O6/c1-7-8-9-10-23-18-26(36-16-15-34-13-14-35-19-20(2)3)28(29(31)27(23)30(32)33)25-17-22(6)11-12-24(25)21(4)5/h17-18,24-25,31H,2,4,7-16,19H2,1,3,5-6H3,(H,32,33). The molecule has 2 N–H and O–H groups in total. The average Bonchev–Trinajstić information content (AvgIpc) is 2.80. The lowest BCUT2D eigenvalue weighted by molar-refractivity contribution is 0.0430. The van der Waals surface area contributed by atoms with Gasteiger partial charge in [0.2, 0.25) is 0 Å². The minimum absolute atomic E-state index is 0.0172. The van der Waals surface area contributed by atoms with Crippen molar-refractivity contribution in [2.24, 2.45) is 5.92 Å². The Bertz CT molecular complexity index is 945. The fourth-order valence-corrected chi connectivity index (χ4v) is 4.74. The quantitative estimate of drug-likeness (QED) is 0.191. The van der Waals surface area contributed by atoms with Gasteiger partial charge in [0.1, 0.15) is 23.7 Å². The van der Waals surface area contributed by atoms with Gasteiger partial charge < -0.3 is 24.4 Å². The van der Waals surface area contributed by atoms with Crippen molar-refractivity contribution in [1.82, 2.24) is 0 Å². The van der Waals surface area contributed by atoms with Gasteiger partial charge in [-0.1, -0.05) is 55.7 Å². The maximum Gasteiger partial charge on any atom is 0.339 e. The summed E-state index contributed by atoms with van der Waals surface area (Å²) in [6, 6.07) is 1.82. The predicted molar refractivity (Wildman–Crippen MR) is 144 cm³/mol. The molecule has 2 unspecified atom stereocenters. The molecule has 0 aliphatic heterocycles. The molecule has 0 amide bonds. The molecular weight excluding hydrogens is 456 g/mol. The summed E-state index contributed by atoms with van der Waals surface area (Å²) < 4.78 is 17.3. The number of carboxylic acids is 1. The first-order chi connectivity index (χ1) is 17.2. The van der Waals surface area contributed by atoms with E-state index in [4.69, 9.17) is 14.2 Å². The van der Waals surface area contributed by atoms with E-state index in [0.29, 0.717) is 49.7 Å². The zero-order valence-corrected chi connectivity index (χ0v) is 22.5. The van der Waals surface area contributed by atoms with Gasteiger partial charge in [-0.2, -0.15) is 0 Å². The molecular formula is C30H44O6. The number of hydrogen-bond acceptors (Lipinski definition) is 5. The minimum atomic E-state index is -1.12. The second kappa shape index (κ2) is 14.9. The van der Waals surface area contributed by atoms with Crippen LogP contribution in [-0.2, 0) is 15.9 Å². The van der Waals surface area contributed by atoms with Gasteiger partial charge in [-0.05, 0) is 64.0 Å². The number of aromatic hydroxyl groups is 1. The summed E-state index contributed by atoms with van der Waals surface area (Å²) >= 11 is 0. The van der Waals surface area contributed by atoms with E-state index in [-0.39, 0.29) is 29.8 Å². The average molecular weight is 501 g/mol. The number of phenols is 1. The topological polar surface area (TPSA) is 85.2 Å². The highest BCUT2D eigenvalue weighted by atomic mass is 16.5. The van der Waals surface area contributed by atoms with Crippen molar-refractivity contribution in [1.29, 1.82) is 0 Å². The number of allylic oxidation sites excluding steroid dienone is 3. The van der Waals surface area contributed by atoms with E-state index in [2.05, 4.69) is 33.1 Å². The van der Waals surface area contributed by atoms with Crippen LogP contribution in [0.15, 0.2) is 42.0 Å². The fraction of sp³-hybridized carbons (Fsp3) is 0.567. The maximum absolute atomic E-state index is 12.3. The summed E-state index contributed by atoms with van der Waals surface area (Å²) in [6.07, 6.45) is 7.40. The summed E-state index contributed by atoms with van der Waals surface area (Å²) in [7, 11) is 0. The Morgan fingerprint density at radius 1 is 1.11 bits per heavy atom. The van der Waals surface area contributed by atoms with Crippen molar-refractivity contribution in [2.75, 3.05) is 33.0 Å². The van der Waals surface area contributed by atoms with Gasteiger partial charge in [0.15, 0.2) is 0 Å². The highest BCUT2D eigenvalue weighted by molar-refractivity contribution is 5.94. The zero-order valence-electron chi connectivity index (χ0n) is 22.5. The minimum Gasteiger partial charge on any atom is -0.507 e. The van der Waals surface area contributed by atoms with Gasteiger partial charge in [-0.3, -0.25) is 0 Å². The Balaban J connectivity index is 2.35. The molecule has 200 valence electrons. The van der Waals surface area contributed by atoms with Gasteiger partial charge in [0.05, 0.1) is 26.4 Å². The molecule has 6 heteroatoms. The number of aryl methyl sites for hydroxylation is 1. The largest absolute Gasteiger partial charge is 0.507 e. The third-order valence-electron chi connectivity index (χ3n) is 6.57. The van der Waals surface area contributed by atoms with Crippen molar-refractivity contribution in [2.45, 2.75) is 72.1 Å². The molecule has 1 aromatic rings. The van der Waals surface area contributed by atoms with Crippen LogP contribution in [0.1, 0.15) is 87.2 Å². The van der Waals surface area contributed by atoms with Crippen LogP contribution in [0.25, 0.3) is 0 Å². The van der Waals surface area contributed by atoms with Crippen LogP contribution in [0, 0.1) is 5.92 Å². The third kappa shape index (κ3) is 8.52. The maximum atomic E-state index is 12.3. The van der Waals surface area contributed by atoms with E-state index in [1.165, 1.54) is 5.57 Å². The first-order valence-corrected chi connectivity index (χ1v) is 13.0. The molecule has 1 aromatic carbocycles. The molecule has 6 nitrogen and oxygen atoms in total. The Labute approximate surface area is 216 Å². The monoisotopic (exact) mass is 500 g/mol. The van der Waals surface area contributed by atoms with Crippen LogP contribution in [0.3, 0.4) is 0 Å². The Morgan fingerprint density at radius 2 is 1.81 bits per heavy atom. The molecule has 0 bridgehead atoms. The molecule has 36 heavy (non-hydrogen) atoms. The van der Waals surface area contributed by atoms with Crippen molar-refractivity contribution in [3.8, 4) is 11.5 Å². The SMILES string of the molecule is C=C(C)COCCOCCOc1cc(CCCCC)c(C(=O)O)c(O)c1C1C=C(C)CCC1C(=C)C. The highest BCUT2D eigenvalue weighted by Crippen LogP contribution is 2.48. The van der Waals surface area contributed by atoms with Gasteiger partial charge in [0, 0.05) is 11.5 Å². The Kier molecular flexibility index (Phi) is 12.2. The number of benzene rings is 1. The number of hydrogen-bond donors (Lipinski definition) is 2. The molecule has 0 spiro atoms. The van der Waals surface area contributed by atoms with Crippen LogP contribution in [0.5, 0.6) is 11.5 Å². The molecule has 0 heterocycles. The molecule has 2 atom stereocenters. The normalized spacial score (nSPS) is 17.5. The first kappa shape index (κ1) is 29.7. The second-order valence-corrected chi connectivity index (χ2v) is 9.93. The highest BCUT2D eigenvalue weighted by Gasteiger charge is 2.33. The Hall–Kier alpha value is -2.57.